The zero-order valence-corrected chi connectivity index (χ0v) is 13.7. The second kappa shape index (κ2) is 6.29. The summed E-state index contributed by atoms with van der Waals surface area (Å²) in [6.07, 6.45) is -2.11. The first-order chi connectivity index (χ1) is 12.0. The number of anilines is 1. The molecule has 2 aromatic rings. The molecular weight excluding hydrogens is 329 g/mol. The largest absolute Gasteiger partial charge is 0.416 e. The van der Waals surface area contributed by atoms with Crippen LogP contribution in [0.5, 0.6) is 0 Å². The van der Waals surface area contributed by atoms with E-state index < -0.39 is 11.7 Å². The number of alkyl halides is 3. The van der Waals surface area contributed by atoms with Crippen molar-refractivity contribution in [3.05, 3.63) is 42.0 Å². The molecule has 3 fully saturated rings. The number of halogens is 3. The van der Waals surface area contributed by atoms with Gasteiger partial charge >= 0.3 is 6.18 Å². The van der Waals surface area contributed by atoms with Gasteiger partial charge in [-0.05, 0) is 37.1 Å². The normalized spacial score (nSPS) is 23.6. The Hall–Kier alpha value is -2.15. The highest BCUT2D eigenvalue weighted by Crippen LogP contribution is 2.32. The van der Waals surface area contributed by atoms with E-state index in [0.717, 1.165) is 57.0 Å². The summed E-state index contributed by atoms with van der Waals surface area (Å²) in [7, 11) is 0. The van der Waals surface area contributed by atoms with Crippen molar-refractivity contribution in [3.8, 4) is 11.3 Å². The van der Waals surface area contributed by atoms with E-state index in [-0.39, 0.29) is 0 Å². The average Bonchev–Trinajstić information content (AvgIpc) is 2.95. The summed E-state index contributed by atoms with van der Waals surface area (Å²) in [4.78, 5) is 4.75. The molecule has 0 amide bonds. The highest BCUT2D eigenvalue weighted by atomic mass is 19.4. The highest BCUT2D eigenvalue weighted by Gasteiger charge is 2.31. The molecule has 0 saturated carbocycles. The molecule has 25 heavy (non-hydrogen) atoms. The van der Waals surface area contributed by atoms with Gasteiger partial charge < -0.3 is 9.80 Å². The van der Waals surface area contributed by atoms with Crippen molar-refractivity contribution in [2.75, 3.05) is 31.1 Å². The third-order valence-corrected chi connectivity index (χ3v) is 5.09. The Morgan fingerprint density at radius 1 is 0.920 bits per heavy atom. The molecule has 2 bridgehead atoms. The highest BCUT2D eigenvalue weighted by molar-refractivity contribution is 5.61. The summed E-state index contributed by atoms with van der Waals surface area (Å²) >= 11 is 0. The lowest BCUT2D eigenvalue weighted by Gasteiger charge is -2.31. The topological polar surface area (TPSA) is 32.3 Å². The Kier molecular flexibility index (Phi) is 4.11. The molecule has 3 aliphatic heterocycles. The van der Waals surface area contributed by atoms with Crippen LogP contribution in [0.1, 0.15) is 18.4 Å². The van der Waals surface area contributed by atoms with Crippen LogP contribution in [-0.4, -0.2) is 47.3 Å². The minimum Gasteiger partial charge on any atom is -0.351 e. The van der Waals surface area contributed by atoms with Crippen LogP contribution >= 0.6 is 0 Å². The molecule has 132 valence electrons. The molecule has 0 N–H and O–H groups in total. The van der Waals surface area contributed by atoms with Gasteiger partial charge in [0.1, 0.15) is 0 Å². The van der Waals surface area contributed by atoms with Crippen LogP contribution in [0.15, 0.2) is 36.4 Å². The van der Waals surface area contributed by atoms with Gasteiger partial charge in [0.2, 0.25) is 0 Å². The van der Waals surface area contributed by atoms with Gasteiger partial charge in [0.15, 0.2) is 5.82 Å². The van der Waals surface area contributed by atoms with Crippen LogP contribution in [0.2, 0.25) is 0 Å². The first-order valence-electron chi connectivity index (χ1n) is 8.51. The van der Waals surface area contributed by atoms with E-state index in [9.17, 15) is 13.2 Å². The molecule has 3 aliphatic rings. The minimum atomic E-state index is -4.36. The molecule has 5 rings (SSSR count). The first kappa shape index (κ1) is 16.3. The Bertz CT molecular complexity index is 737. The predicted molar refractivity (Wildman–Crippen MR) is 89.3 cm³/mol. The summed E-state index contributed by atoms with van der Waals surface area (Å²) in [6.45, 7) is 4.18. The van der Waals surface area contributed by atoms with E-state index in [0.29, 0.717) is 17.3 Å². The second-order valence-electron chi connectivity index (χ2n) is 6.62. The van der Waals surface area contributed by atoms with Gasteiger partial charge in [-0.25, -0.2) is 0 Å². The molecule has 1 aromatic carbocycles. The standard InChI is InChI=1S/C18H19F3N4/c19-18(20,21)14-3-1-2-13(12-14)16-4-5-17(23-22-16)25-11-10-24-8-6-15(25)7-9-24/h1-5,12,15H,6-11H2. The fourth-order valence-corrected chi connectivity index (χ4v) is 3.68. The molecule has 0 spiro atoms. The van der Waals surface area contributed by atoms with E-state index in [2.05, 4.69) is 20.0 Å². The van der Waals surface area contributed by atoms with E-state index >= 15 is 0 Å². The lowest BCUT2D eigenvalue weighted by atomic mass is 10.1. The summed E-state index contributed by atoms with van der Waals surface area (Å²) in [6, 6.07) is 9.31. The lowest BCUT2D eigenvalue weighted by Crippen LogP contribution is -2.38. The van der Waals surface area contributed by atoms with Gasteiger partial charge in [-0.2, -0.15) is 13.2 Å². The monoisotopic (exact) mass is 348 g/mol. The third kappa shape index (κ3) is 3.33. The van der Waals surface area contributed by atoms with E-state index in [1.807, 2.05) is 6.07 Å². The van der Waals surface area contributed by atoms with Crippen molar-refractivity contribution in [1.29, 1.82) is 0 Å². The van der Waals surface area contributed by atoms with Crippen LogP contribution in [0.4, 0.5) is 19.0 Å². The van der Waals surface area contributed by atoms with Crippen molar-refractivity contribution < 1.29 is 13.2 Å². The zero-order chi connectivity index (χ0) is 17.4. The van der Waals surface area contributed by atoms with Gasteiger partial charge in [0.25, 0.3) is 0 Å². The molecule has 0 unspecified atom stereocenters. The number of hydrogen-bond donors (Lipinski definition) is 0. The predicted octanol–water partition coefficient (Wildman–Crippen LogP) is 3.45. The van der Waals surface area contributed by atoms with Crippen LogP contribution in [0.25, 0.3) is 11.3 Å². The van der Waals surface area contributed by atoms with E-state index in [1.165, 1.54) is 6.07 Å². The Balaban J connectivity index is 1.58. The summed E-state index contributed by atoms with van der Waals surface area (Å²) < 4.78 is 38.6. The number of rotatable bonds is 2. The molecule has 1 aromatic heterocycles. The zero-order valence-electron chi connectivity index (χ0n) is 13.7. The Morgan fingerprint density at radius 3 is 2.40 bits per heavy atom. The average molecular weight is 348 g/mol. The maximum Gasteiger partial charge on any atom is 0.416 e. The lowest BCUT2D eigenvalue weighted by molar-refractivity contribution is -0.137. The number of nitrogens with zero attached hydrogens (tertiary/aromatic N) is 4. The number of aromatic nitrogens is 2. The van der Waals surface area contributed by atoms with E-state index in [4.69, 9.17) is 0 Å². The van der Waals surface area contributed by atoms with Gasteiger partial charge in [-0.3, -0.25) is 0 Å². The van der Waals surface area contributed by atoms with Crippen LogP contribution in [0.3, 0.4) is 0 Å². The van der Waals surface area contributed by atoms with Crippen molar-refractivity contribution in [3.63, 3.8) is 0 Å². The fourth-order valence-electron chi connectivity index (χ4n) is 3.68. The molecule has 4 heterocycles. The van der Waals surface area contributed by atoms with Gasteiger partial charge in [0, 0.05) is 37.8 Å². The van der Waals surface area contributed by atoms with Gasteiger partial charge in [-0.1, -0.05) is 12.1 Å². The Morgan fingerprint density at radius 2 is 1.72 bits per heavy atom. The van der Waals surface area contributed by atoms with Crippen LogP contribution in [0, 0.1) is 0 Å². The number of piperidine rings is 1. The quantitative estimate of drug-likeness (QED) is 0.832. The maximum absolute atomic E-state index is 12.9. The smallest absolute Gasteiger partial charge is 0.351 e. The number of hydrogen-bond acceptors (Lipinski definition) is 4. The third-order valence-electron chi connectivity index (χ3n) is 5.09. The molecular formula is C18H19F3N4. The summed E-state index contributed by atoms with van der Waals surface area (Å²) in [5, 5.41) is 8.49. The van der Waals surface area contributed by atoms with Gasteiger partial charge in [-0.15, -0.1) is 10.2 Å². The van der Waals surface area contributed by atoms with Crippen LogP contribution in [-0.2, 0) is 6.18 Å². The molecule has 7 heteroatoms. The number of fused-ring (bicyclic) bond motifs is 4. The van der Waals surface area contributed by atoms with Crippen molar-refractivity contribution in [2.24, 2.45) is 0 Å². The van der Waals surface area contributed by atoms with Crippen molar-refractivity contribution in [2.45, 2.75) is 25.1 Å². The van der Waals surface area contributed by atoms with Crippen LogP contribution < -0.4 is 4.90 Å². The summed E-state index contributed by atoms with van der Waals surface area (Å²) in [5.41, 5.74) is 0.212. The van der Waals surface area contributed by atoms with Crippen molar-refractivity contribution >= 4 is 5.82 Å². The first-order valence-corrected chi connectivity index (χ1v) is 8.51. The molecule has 4 nitrogen and oxygen atoms in total. The summed E-state index contributed by atoms with van der Waals surface area (Å²) in [5.74, 6) is 0.810. The second-order valence-corrected chi connectivity index (χ2v) is 6.62. The van der Waals surface area contributed by atoms with Gasteiger partial charge in [0.05, 0.1) is 11.3 Å². The number of benzene rings is 1. The molecule has 0 atom stereocenters. The maximum atomic E-state index is 12.9. The molecule has 0 aliphatic carbocycles. The SMILES string of the molecule is FC(F)(F)c1cccc(-c2ccc(N3CCN4CCC3CC4)nn2)c1. The molecule has 0 radical (unpaired) electrons. The minimum absolute atomic E-state index is 0.428. The Labute approximate surface area is 144 Å². The van der Waals surface area contributed by atoms with Crippen molar-refractivity contribution in [1.82, 2.24) is 15.1 Å². The fraction of sp³-hybridized carbons (Fsp3) is 0.444. The molecule has 3 saturated heterocycles. The van der Waals surface area contributed by atoms with E-state index in [1.54, 1.807) is 12.1 Å².